The third-order valence-electron chi connectivity index (χ3n) is 4.90. The van der Waals surface area contributed by atoms with E-state index in [2.05, 4.69) is 15.8 Å². The lowest BCUT2D eigenvalue weighted by Crippen LogP contribution is -2.33. The van der Waals surface area contributed by atoms with Crippen molar-refractivity contribution in [3.05, 3.63) is 59.9 Å². The number of aromatic nitrogens is 1. The number of nitrogens with zero attached hydrogens (tertiary/aromatic N) is 1. The van der Waals surface area contributed by atoms with E-state index in [0.29, 0.717) is 12.4 Å². The van der Waals surface area contributed by atoms with Crippen LogP contribution in [0.25, 0.3) is 0 Å². The Morgan fingerprint density at radius 2 is 2.00 bits per heavy atom. The molecule has 0 radical (unpaired) electrons. The summed E-state index contributed by atoms with van der Waals surface area (Å²) in [5.41, 5.74) is 7.55. The second-order valence-electron chi connectivity index (χ2n) is 6.63. The second kappa shape index (κ2) is 8.94. The number of carbonyl (C=O) groups excluding carboxylic acids is 1. The van der Waals surface area contributed by atoms with Gasteiger partial charge in [0.1, 0.15) is 18.6 Å². The lowest BCUT2D eigenvalue weighted by atomic mass is 9.79. The molecule has 3 rings (SSSR count). The molecule has 0 amide bonds. The summed E-state index contributed by atoms with van der Waals surface area (Å²) >= 11 is 0. The number of hydrogen-bond acceptors (Lipinski definition) is 7. The first-order chi connectivity index (χ1) is 13.1. The van der Waals surface area contributed by atoms with Gasteiger partial charge in [-0.3, -0.25) is 15.2 Å². The molecule has 27 heavy (non-hydrogen) atoms. The number of benzene rings is 1. The van der Waals surface area contributed by atoms with Crippen molar-refractivity contribution in [3.63, 3.8) is 0 Å². The van der Waals surface area contributed by atoms with Crippen molar-refractivity contribution < 1.29 is 19.4 Å². The molecule has 0 spiro atoms. The van der Waals surface area contributed by atoms with Crippen molar-refractivity contribution in [1.29, 1.82) is 0 Å². The number of rotatable bonds is 7. The number of nitrogens with one attached hydrogen (secondary N) is 2. The third-order valence-corrected chi connectivity index (χ3v) is 4.90. The fourth-order valence-electron chi connectivity index (χ4n) is 3.52. The molecule has 7 nitrogen and oxygen atoms in total. The number of methoxy groups -OCH3 is 1. The highest BCUT2D eigenvalue weighted by Crippen LogP contribution is 2.39. The summed E-state index contributed by atoms with van der Waals surface area (Å²) in [4.78, 5) is 16.3. The van der Waals surface area contributed by atoms with Gasteiger partial charge in [0.15, 0.2) is 0 Å². The summed E-state index contributed by atoms with van der Waals surface area (Å²) < 4.78 is 10.9. The van der Waals surface area contributed by atoms with Gasteiger partial charge in [0.05, 0.1) is 19.2 Å². The van der Waals surface area contributed by atoms with E-state index >= 15 is 0 Å². The van der Waals surface area contributed by atoms with Crippen molar-refractivity contribution in [2.24, 2.45) is 5.92 Å². The lowest BCUT2D eigenvalue weighted by molar-refractivity contribution is -0.141. The number of esters is 1. The SMILES string of the molecule is COC(=O)CC(c1ccccc1OCc1ccccn1)C1C(C)NNC1O. The predicted octanol–water partition coefficient (Wildman–Crippen LogP) is 1.74. The molecule has 0 bridgehead atoms. The molecule has 1 aromatic heterocycles. The van der Waals surface area contributed by atoms with E-state index in [1.807, 2.05) is 49.4 Å². The van der Waals surface area contributed by atoms with Crippen LogP contribution in [0.4, 0.5) is 0 Å². The molecular weight excluding hydrogens is 346 g/mol. The Hall–Kier alpha value is -2.48. The minimum absolute atomic E-state index is 0.0292. The number of pyridine rings is 1. The Morgan fingerprint density at radius 1 is 1.22 bits per heavy atom. The van der Waals surface area contributed by atoms with Gasteiger partial charge in [0, 0.05) is 24.1 Å². The molecule has 7 heteroatoms. The Labute approximate surface area is 158 Å². The molecule has 1 aliphatic rings. The van der Waals surface area contributed by atoms with Gasteiger partial charge in [0.2, 0.25) is 0 Å². The van der Waals surface area contributed by atoms with Gasteiger partial charge >= 0.3 is 5.97 Å². The molecule has 1 aliphatic heterocycles. The van der Waals surface area contributed by atoms with Gasteiger partial charge in [-0.1, -0.05) is 24.3 Å². The molecular formula is C20H25N3O4. The molecule has 3 N–H and O–H groups in total. The van der Waals surface area contributed by atoms with Crippen LogP contribution in [-0.2, 0) is 16.1 Å². The van der Waals surface area contributed by atoms with E-state index in [4.69, 9.17) is 9.47 Å². The van der Waals surface area contributed by atoms with Crippen molar-refractivity contribution in [2.75, 3.05) is 7.11 Å². The summed E-state index contributed by atoms with van der Waals surface area (Å²) in [7, 11) is 1.37. The summed E-state index contributed by atoms with van der Waals surface area (Å²) in [5, 5.41) is 10.4. The van der Waals surface area contributed by atoms with Gasteiger partial charge in [0.25, 0.3) is 0 Å². The van der Waals surface area contributed by atoms with Crippen molar-refractivity contribution in [1.82, 2.24) is 15.8 Å². The molecule has 2 heterocycles. The van der Waals surface area contributed by atoms with Crippen molar-refractivity contribution in [2.45, 2.75) is 38.1 Å². The smallest absolute Gasteiger partial charge is 0.306 e. The predicted molar refractivity (Wildman–Crippen MR) is 99.6 cm³/mol. The number of hydrazine groups is 1. The Morgan fingerprint density at radius 3 is 2.67 bits per heavy atom. The maximum atomic E-state index is 12.1. The average molecular weight is 371 g/mol. The van der Waals surface area contributed by atoms with Gasteiger partial charge in [-0.2, -0.15) is 0 Å². The van der Waals surface area contributed by atoms with Crippen LogP contribution in [0.15, 0.2) is 48.7 Å². The standard InChI is InChI=1S/C20H25N3O4/c1-13-19(20(25)23-22-13)16(11-18(24)26-2)15-8-3-4-9-17(15)27-12-14-7-5-6-10-21-14/h3-10,13,16,19-20,22-23,25H,11-12H2,1-2H3. The van der Waals surface area contributed by atoms with Crippen LogP contribution < -0.4 is 15.6 Å². The summed E-state index contributed by atoms with van der Waals surface area (Å²) in [5.74, 6) is -0.150. The minimum atomic E-state index is -0.779. The molecule has 4 atom stereocenters. The summed E-state index contributed by atoms with van der Waals surface area (Å²) in [6.07, 6.45) is 1.09. The highest BCUT2D eigenvalue weighted by molar-refractivity contribution is 5.70. The Kier molecular flexibility index (Phi) is 6.39. The second-order valence-corrected chi connectivity index (χ2v) is 6.63. The van der Waals surface area contributed by atoms with E-state index in [9.17, 15) is 9.90 Å². The van der Waals surface area contributed by atoms with E-state index in [1.165, 1.54) is 7.11 Å². The number of hydrogen-bond donors (Lipinski definition) is 3. The molecule has 0 aliphatic carbocycles. The van der Waals surface area contributed by atoms with Crippen LogP contribution in [-0.4, -0.2) is 35.4 Å². The Bertz CT molecular complexity index is 746. The summed E-state index contributed by atoms with van der Waals surface area (Å²) in [6, 6.07) is 13.2. The zero-order chi connectivity index (χ0) is 19.2. The highest BCUT2D eigenvalue weighted by atomic mass is 16.5. The molecule has 0 saturated carbocycles. The third kappa shape index (κ3) is 4.63. The number of aliphatic hydroxyl groups excluding tert-OH is 1. The minimum Gasteiger partial charge on any atom is -0.487 e. The van der Waals surface area contributed by atoms with Crippen LogP contribution in [0.3, 0.4) is 0 Å². The molecule has 4 unspecified atom stereocenters. The van der Waals surface area contributed by atoms with E-state index < -0.39 is 6.23 Å². The van der Waals surface area contributed by atoms with Gasteiger partial charge in [-0.15, -0.1) is 0 Å². The summed E-state index contributed by atoms with van der Waals surface area (Å²) in [6.45, 7) is 2.29. The van der Waals surface area contributed by atoms with Crippen LogP contribution in [0.5, 0.6) is 5.75 Å². The van der Waals surface area contributed by atoms with Crippen LogP contribution in [0.2, 0.25) is 0 Å². The molecule has 1 saturated heterocycles. The number of ether oxygens (including phenoxy) is 2. The van der Waals surface area contributed by atoms with E-state index in [0.717, 1.165) is 11.3 Å². The van der Waals surface area contributed by atoms with Crippen LogP contribution in [0.1, 0.15) is 30.5 Å². The quantitative estimate of drug-likeness (QED) is 0.639. The van der Waals surface area contributed by atoms with Crippen molar-refractivity contribution >= 4 is 5.97 Å². The van der Waals surface area contributed by atoms with E-state index in [1.54, 1.807) is 6.20 Å². The van der Waals surface area contributed by atoms with Gasteiger partial charge in [-0.25, -0.2) is 5.43 Å². The van der Waals surface area contributed by atoms with E-state index in [-0.39, 0.29) is 30.3 Å². The zero-order valence-electron chi connectivity index (χ0n) is 15.5. The first-order valence-corrected chi connectivity index (χ1v) is 8.97. The number of para-hydroxylation sites is 1. The topological polar surface area (TPSA) is 92.7 Å². The van der Waals surface area contributed by atoms with Crippen molar-refractivity contribution in [3.8, 4) is 5.75 Å². The zero-order valence-corrected chi connectivity index (χ0v) is 15.5. The monoisotopic (exact) mass is 371 g/mol. The molecule has 144 valence electrons. The number of aliphatic hydroxyl groups is 1. The molecule has 1 fully saturated rings. The normalized spacial score (nSPS) is 23.0. The number of carbonyl (C=O) groups is 1. The van der Waals surface area contributed by atoms with Gasteiger partial charge < -0.3 is 14.6 Å². The maximum absolute atomic E-state index is 12.1. The average Bonchev–Trinajstić information content (AvgIpc) is 3.03. The largest absolute Gasteiger partial charge is 0.487 e. The highest BCUT2D eigenvalue weighted by Gasteiger charge is 2.40. The maximum Gasteiger partial charge on any atom is 0.306 e. The van der Waals surface area contributed by atoms with Crippen LogP contribution in [0, 0.1) is 5.92 Å². The molecule has 2 aromatic rings. The molecule has 1 aromatic carbocycles. The first kappa shape index (κ1) is 19.3. The van der Waals surface area contributed by atoms with Gasteiger partial charge in [-0.05, 0) is 30.7 Å². The van der Waals surface area contributed by atoms with Crippen LogP contribution >= 0.6 is 0 Å². The fourth-order valence-corrected chi connectivity index (χ4v) is 3.52. The lowest BCUT2D eigenvalue weighted by Gasteiger charge is -2.29. The fraction of sp³-hybridized carbons (Fsp3) is 0.400. The Balaban J connectivity index is 1.88. The first-order valence-electron chi connectivity index (χ1n) is 8.97.